The maximum Gasteiger partial charge on any atom is 0.413 e. The van der Waals surface area contributed by atoms with Gasteiger partial charge in [0, 0.05) is 12.3 Å². The van der Waals surface area contributed by atoms with Gasteiger partial charge in [-0.25, -0.2) is 9.78 Å². The summed E-state index contributed by atoms with van der Waals surface area (Å²) in [5.41, 5.74) is -1.32. The summed E-state index contributed by atoms with van der Waals surface area (Å²) in [7, 11) is 0. The number of hydrogen-bond donors (Lipinski definition) is 0. The van der Waals surface area contributed by atoms with Crippen LogP contribution in [0.25, 0.3) is 0 Å². The van der Waals surface area contributed by atoms with Crippen molar-refractivity contribution in [3.8, 4) is 5.88 Å². The van der Waals surface area contributed by atoms with Gasteiger partial charge in [0.05, 0.1) is 17.7 Å². The Morgan fingerprint density at radius 3 is 2.74 bits per heavy atom. The molecule has 1 aromatic rings. The lowest BCUT2D eigenvalue weighted by Gasteiger charge is -2.34. The zero-order valence-electron chi connectivity index (χ0n) is 14.1. The van der Waals surface area contributed by atoms with Gasteiger partial charge in [-0.15, -0.1) is 0 Å². The summed E-state index contributed by atoms with van der Waals surface area (Å²) in [6.45, 7) is 9.79. The quantitative estimate of drug-likeness (QED) is 0.841. The number of rotatable bonds is 3. The molecule has 23 heavy (non-hydrogen) atoms. The highest BCUT2D eigenvalue weighted by Crippen LogP contribution is 2.29. The Balaban J connectivity index is 2.04. The standard InChI is InChI=1S/C16H23ClN2O4/c1-15(2,3)23-14(20)19-12(10-22-16(19,4)5)9-21-13-7-6-11(17)8-18-13/h6-8,12H,9-10H2,1-5H3/t12-/m1/s1. The summed E-state index contributed by atoms with van der Waals surface area (Å²) in [5.74, 6) is 0.447. The number of ether oxygens (including phenoxy) is 3. The Hall–Kier alpha value is -1.53. The fourth-order valence-electron chi connectivity index (χ4n) is 2.32. The predicted molar refractivity (Wildman–Crippen MR) is 86.6 cm³/mol. The molecule has 0 aromatic carbocycles. The number of carbonyl (C=O) groups is 1. The van der Waals surface area contributed by atoms with Crippen LogP contribution in [0.5, 0.6) is 5.88 Å². The molecule has 1 amide bonds. The summed E-state index contributed by atoms with van der Waals surface area (Å²) in [6, 6.07) is 3.13. The Morgan fingerprint density at radius 1 is 1.48 bits per heavy atom. The number of hydrogen-bond acceptors (Lipinski definition) is 5. The lowest BCUT2D eigenvalue weighted by Crippen LogP contribution is -2.51. The van der Waals surface area contributed by atoms with Gasteiger partial charge in [0.2, 0.25) is 5.88 Å². The van der Waals surface area contributed by atoms with E-state index in [-0.39, 0.29) is 12.6 Å². The molecular formula is C16H23ClN2O4. The second kappa shape index (κ2) is 6.53. The van der Waals surface area contributed by atoms with E-state index in [1.807, 2.05) is 34.6 Å². The molecule has 0 saturated carbocycles. The minimum atomic E-state index is -0.746. The topological polar surface area (TPSA) is 60.9 Å². The second-order valence-corrected chi connectivity index (χ2v) is 7.32. The van der Waals surface area contributed by atoms with E-state index in [0.717, 1.165) is 0 Å². The van der Waals surface area contributed by atoms with Crippen molar-refractivity contribution in [2.24, 2.45) is 0 Å². The van der Waals surface area contributed by atoms with Gasteiger partial charge in [-0.05, 0) is 40.7 Å². The third kappa shape index (κ3) is 4.72. The number of pyridine rings is 1. The third-order valence-corrected chi connectivity index (χ3v) is 3.51. The van der Waals surface area contributed by atoms with Crippen LogP contribution < -0.4 is 4.74 Å². The van der Waals surface area contributed by atoms with Crippen molar-refractivity contribution in [2.75, 3.05) is 13.2 Å². The van der Waals surface area contributed by atoms with E-state index >= 15 is 0 Å². The summed E-state index contributed by atoms with van der Waals surface area (Å²) < 4.78 is 16.8. The molecule has 0 unspecified atom stereocenters. The van der Waals surface area contributed by atoms with Crippen LogP contribution in [0, 0.1) is 0 Å². The first-order chi connectivity index (χ1) is 10.6. The van der Waals surface area contributed by atoms with E-state index in [2.05, 4.69) is 4.98 Å². The van der Waals surface area contributed by atoms with Crippen LogP contribution in [0.2, 0.25) is 5.02 Å². The molecule has 0 aliphatic carbocycles. The first-order valence-electron chi connectivity index (χ1n) is 7.49. The molecule has 1 atom stereocenters. The molecule has 2 rings (SSSR count). The van der Waals surface area contributed by atoms with E-state index in [4.69, 9.17) is 25.8 Å². The summed E-state index contributed by atoms with van der Waals surface area (Å²) >= 11 is 5.80. The van der Waals surface area contributed by atoms with Gasteiger partial charge in [0.1, 0.15) is 17.9 Å². The zero-order chi connectivity index (χ0) is 17.3. The van der Waals surface area contributed by atoms with Gasteiger partial charge in [-0.1, -0.05) is 11.6 Å². The Labute approximate surface area is 141 Å². The lowest BCUT2D eigenvalue weighted by atomic mass is 10.2. The maximum absolute atomic E-state index is 12.5. The normalized spacial score (nSPS) is 20.4. The minimum Gasteiger partial charge on any atom is -0.475 e. The molecule has 1 saturated heterocycles. The Bertz CT molecular complexity index is 554. The van der Waals surface area contributed by atoms with Crippen LogP contribution in [-0.4, -0.2) is 46.6 Å². The van der Waals surface area contributed by atoms with E-state index in [0.29, 0.717) is 17.5 Å². The van der Waals surface area contributed by atoms with Crippen LogP contribution >= 0.6 is 11.6 Å². The van der Waals surface area contributed by atoms with Crippen LogP contribution in [-0.2, 0) is 9.47 Å². The fraction of sp³-hybridized carbons (Fsp3) is 0.625. The molecule has 1 fully saturated rings. The van der Waals surface area contributed by atoms with E-state index < -0.39 is 17.4 Å². The molecule has 0 bridgehead atoms. The minimum absolute atomic E-state index is 0.252. The molecule has 1 aromatic heterocycles. The highest BCUT2D eigenvalue weighted by molar-refractivity contribution is 6.30. The molecule has 1 aliphatic heterocycles. The van der Waals surface area contributed by atoms with Crippen LogP contribution in [0.3, 0.4) is 0 Å². The fourth-order valence-corrected chi connectivity index (χ4v) is 2.43. The van der Waals surface area contributed by atoms with Gasteiger partial charge in [-0.2, -0.15) is 0 Å². The lowest BCUT2D eigenvalue weighted by molar-refractivity contribution is -0.0637. The van der Waals surface area contributed by atoms with Gasteiger partial charge in [-0.3, -0.25) is 4.90 Å². The zero-order valence-corrected chi connectivity index (χ0v) is 14.9. The number of carbonyl (C=O) groups excluding carboxylic acids is 1. The first kappa shape index (κ1) is 17.8. The number of aromatic nitrogens is 1. The van der Waals surface area contributed by atoms with Crippen molar-refractivity contribution in [3.05, 3.63) is 23.4 Å². The highest BCUT2D eigenvalue weighted by atomic mass is 35.5. The Morgan fingerprint density at radius 2 is 2.17 bits per heavy atom. The SMILES string of the molecule is CC(C)(C)OC(=O)N1[C@H](COc2ccc(Cl)cn2)COC1(C)C. The highest BCUT2D eigenvalue weighted by Gasteiger charge is 2.46. The van der Waals surface area contributed by atoms with Gasteiger partial charge in [0.15, 0.2) is 0 Å². The second-order valence-electron chi connectivity index (χ2n) is 6.89. The molecule has 0 radical (unpaired) electrons. The van der Waals surface area contributed by atoms with E-state index in [1.54, 1.807) is 17.0 Å². The Kier molecular flexibility index (Phi) is 5.06. The summed E-state index contributed by atoms with van der Waals surface area (Å²) in [4.78, 5) is 18.1. The molecular weight excluding hydrogens is 320 g/mol. The van der Waals surface area contributed by atoms with Gasteiger partial charge < -0.3 is 14.2 Å². The van der Waals surface area contributed by atoms with Crippen LogP contribution in [0.15, 0.2) is 18.3 Å². The maximum atomic E-state index is 12.5. The molecule has 7 heteroatoms. The average Bonchev–Trinajstić information content (AvgIpc) is 2.71. The van der Waals surface area contributed by atoms with Crippen LogP contribution in [0.4, 0.5) is 4.79 Å². The molecule has 1 aliphatic rings. The van der Waals surface area contributed by atoms with Crippen molar-refractivity contribution in [1.82, 2.24) is 9.88 Å². The van der Waals surface area contributed by atoms with E-state index in [1.165, 1.54) is 6.20 Å². The van der Waals surface area contributed by atoms with Crippen molar-refractivity contribution < 1.29 is 19.0 Å². The number of halogens is 1. The first-order valence-corrected chi connectivity index (χ1v) is 7.87. The molecule has 0 N–H and O–H groups in total. The molecule has 128 valence electrons. The largest absolute Gasteiger partial charge is 0.475 e. The third-order valence-electron chi connectivity index (χ3n) is 3.29. The average molecular weight is 343 g/mol. The summed E-state index contributed by atoms with van der Waals surface area (Å²) in [6.07, 6.45) is 1.09. The predicted octanol–water partition coefficient (Wildman–Crippen LogP) is 3.49. The number of amides is 1. The van der Waals surface area contributed by atoms with Crippen LogP contribution in [0.1, 0.15) is 34.6 Å². The molecule has 0 spiro atoms. The van der Waals surface area contributed by atoms with Crippen molar-refractivity contribution in [1.29, 1.82) is 0 Å². The van der Waals surface area contributed by atoms with Gasteiger partial charge in [0.25, 0.3) is 0 Å². The van der Waals surface area contributed by atoms with E-state index in [9.17, 15) is 4.79 Å². The summed E-state index contributed by atoms with van der Waals surface area (Å²) in [5, 5.41) is 0.540. The van der Waals surface area contributed by atoms with Gasteiger partial charge >= 0.3 is 6.09 Å². The monoisotopic (exact) mass is 342 g/mol. The molecule has 2 heterocycles. The van der Waals surface area contributed by atoms with Crippen molar-refractivity contribution >= 4 is 17.7 Å². The van der Waals surface area contributed by atoms with Crippen molar-refractivity contribution in [3.63, 3.8) is 0 Å². The van der Waals surface area contributed by atoms with Crippen molar-refractivity contribution in [2.45, 2.75) is 52.0 Å². The molecule has 6 nitrogen and oxygen atoms in total. The number of nitrogens with zero attached hydrogens (tertiary/aromatic N) is 2. The smallest absolute Gasteiger partial charge is 0.413 e.